The summed E-state index contributed by atoms with van der Waals surface area (Å²) in [5.41, 5.74) is 2.96. The quantitative estimate of drug-likeness (QED) is 0.771. The van der Waals surface area contributed by atoms with Crippen LogP contribution in [0.2, 0.25) is 0 Å². The van der Waals surface area contributed by atoms with E-state index in [1.54, 1.807) is 0 Å². The minimum absolute atomic E-state index is 0.911. The maximum atomic E-state index is 3.70. The van der Waals surface area contributed by atoms with Gasteiger partial charge in [0.25, 0.3) is 0 Å². The smallest absolute Gasteiger partial charge is 0.0236 e. The van der Waals surface area contributed by atoms with E-state index in [0.29, 0.717) is 0 Å². The summed E-state index contributed by atoms with van der Waals surface area (Å²) in [5.74, 6) is 0.911. The molecule has 1 saturated carbocycles. The highest BCUT2D eigenvalue weighted by atomic mass is 15.1. The average Bonchev–Trinajstić information content (AvgIpc) is 2.55. The third-order valence-electron chi connectivity index (χ3n) is 4.88. The monoisotopic (exact) mass is 288 g/mol. The Morgan fingerprint density at radius 2 is 1.67 bits per heavy atom. The SMILES string of the molecule is CCN(CC)Cc1ccccc1CNCC1CCCCC1. The van der Waals surface area contributed by atoms with Crippen molar-refractivity contribution in [3.05, 3.63) is 35.4 Å². The number of nitrogens with zero attached hydrogens (tertiary/aromatic N) is 1. The molecule has 2 nitrogen and oxygen atoms in total. The summed E-state index contributed by atoms with van der Waals surface area (Å²) in [5, 5.41) is 3.70. The Morgan fingerprint density at radius 3 is 2.33 bits per heavy atom. The van der Waals surface area contributed by atoms with Crippen LogP contribution < -0.4 is 5.32 Å². The molecule has 1 aliphatic carbocycles. The molecule has 0 radical (unpaired) electrons. The van der Waals surface area contributed by atoms with Crippen molar-refractivity contribution in [2.24, 2.45) is 5.92 Å². The third kappa shape index (κ3) is 5.44. The van der Waals surface area contributed by atoms with Gasteiger partial charge >= 0.3 is 0 Å². The molecular weight excluding hydrogens is 256 g/mol. The molecule has 1 N–H and O–H groups in total. The molecule has 0 unspecified atom stereocenters. The zero-order valence-electron chi connectivity index (χ0n) is 13.9. The zero-order valence-corrected chi connectivity index (χ0v) is 13.9. The lowest BCUT2D eigenvalue weighted by Gasteiger charge is -2.23. The molecule has 1 fully saturated rings. The normalized spacial score (nSPS) is 16.5. The number of rotatable bonds is 8. The minimum atomic E-state index is 0.911. The first kappa shape index (κ1) is 16.5. The molecule has 1 aliphatic rings. The molecule has 1 aromatic carbocycles. The molecule has 118 valence electrons. The van der Waals surface area contributed by atoms with Crippen LogP contribution in [0.25, 0.3) is 0 Å². The van der Waals surface area contributed by atoms with E-state index < -0.39 is 0 Å². The van der Waals surface area contributed by atoms with Crippen LogP contribution >= 0.6 is 0 Å². The Kier molecular flexibility index (Phi) is 7.25. The molecule has 2 rings (SSSR count). The highest BCUT2D eigenvalue weighted by Crippen LogP contribution is 2.23. The van der Waals surface area contributed by atoms with Crippen LogP contribution in [0.1, 0.15) is 57.1 Å². The Balaban J connectivity index is 1.84. The summed E-state index contributed by atoms with van der Waals surface area (Å²) in [7, 11) is 0. The van der Waals surface area contributed by atoms with Crippen molar-refractivity contribution in [2.75, 3.05) is 19.6 Å². The van der Waals surface area contributed by atoms with E-state index in [4.69, 9.17) is 0 Å². The van der Waals surface area contributed by atoms with Crippen LogP contribution in [0.15, 0.2) is 24.3 Å². The van der Waals surface area contributed by atoms with Crippen LogP contribution in [0.4, 0.5) is 0 Å². The van der Waals surface area contributed by atoms with Gasteiger partial charge in [-0.2, -0.15) is 0 Å². The van der Waals surface area contributed by atoms with Crippen molar-refractivity contribution in [2.45, 2.75) is 59.0 Å². The Morgan fingerprint density at radius 1 is 1.00 bits per heavy atom. The second-order valence-electron chi connectivity index (χ2n) is 6.37. The molecule has 0 atom stereocenters. The number of nitrogens with one attached hydrogen (secondary N) is 1. The molecule has 0 aromatic heterocycles. The van der Waals surface area contributed by atoms with Gasteiger partial charge in [-0.15, -0.1) is 0 Å². The molecule has 21 heavy (non-hydrogen) atoms. The lowest BCUT2D eigenvalue weighted by Crippen LogP contribution is -2.26. The van der Waals surface area contributed by atoms with Crippen molar-refractivity contribution >= 4 is 0 Å². The Hall–Kier alpha value is -0.860. The van der Waals surface area contributed by atoms with Crippen LogP contribution in [0, 0.1) is 5.92 Å². The predicted molar refractivity (Wildman–Crippen MR) is 91.3 cm³/mol. The molecule has 0 heterocycles. The van der Waals surface area contributed by atoms with E-state index in [9.17, 15) is 0 Å². The summed E-state index contributed by atoms with van der Waals surface area (Å²) in [4.78, 5) is 2.49. The molecular formula is C19H32N2. The molecule has 0 amide bonds. The lowest BCUT2D eigenvalue weighted by atomic mass is 9.89. The van der Waals surface area contributed by atoms with E-state index in [-0.39, 0.29) is 0 Å². The van der Waals surface area contributed by atoms with E-state index in [1.807, 2.05) is 0 Å². The molecule has 0 bridgehead atoms. The van der Waals surface area contributed by atoms with Crippen LogP contribution in [-0.2, 0) is 13.1 Å². The molecule has 0 spiro atoms. The summed E-state index contributed by atoms with van der Waals surface area (Å²) < 4.78 is 0. The van der Waals surface area contributed by atoms with Crippen molar-refractivity contribution in [1.29, 1.82) is 0 Å². The van der Waals surface area contributed by atoms with Gasteiger partial charge in [-0.25, -0.2) is 0 Å². The van der Waals surface area contributed by atoms with Gasteiger partial charge in [0, 0.05) is 13.1 Å². The fourth-order valence-electron chi connectivity index (χ4n) is 3.37. The van der Waals surface area contributed by atoms with E-state index in [0.717, 1.165) is 32.1 Å². The molecule has 2 heteroatoms. The van der Waals surface area contributed by atoms with Gasteiger partial charge in [0.15, 0.2) is 0 Å². The largest absolute Gasteiger partial charge is 0.312 e. The fourth-order valence-corrected chi connectivity index (χ4v) is 3.37. The van der Waals surface area contributed by atoms with Gasteiger partial charge in [-0.05, 0) is 49.5 Å². The van der Waals surface area contributed by atoms with E-state index in [1.165, 1.54) is 49.8 Å². The standard InChI is InChI=1S/C19H32N2/c1-3-21(4-2)16-19-13-9-8-12-18(19)15-20-14-17-10-6-5-7-11-17/h8-9,12-13,17,20H,3-7,10-11,14-16H2,1-2H3. The van der Waals surface area contributed by atoms with Crippen molar-refractivity contribution in [3.63, 3.8) is 0 Å². The van der Waals surface area contributed by atoms with Crippen LogP contribution in [0.3, 0.4) is 0 Å². The van der Waals surface area contributed by atoms with Gasteiger partial charge in [0.2, 0.25) is 0 Å². The molecule has 1 aromatic rings. The van der Waals surface area contributed by atoms with Crippen molar-refractivity contribution in [3.8, 4) is 0 Å². The van der Waals surface area contributed by atoms with Gasteiger partial charge < -0.3 is 5.32 Å². The molecule has 0 aliphatic heterocycles. The average molecular weight is 288 g/mol. The van der Waals surface area contributed by atoms with Crippen LogP contribution in [0.5, 0.6) is 0 Å². The second kappa shape index (κ2) is 9.22. The first-order chi connectivity index (χ1) is 10.3. The highest BCUT2D eigenvalue weighted by Gasteiger charge is 2.13. The number of hydrogen-bond acceptors (Lipinski definition) is 2. The predicted octanol–water partition coefficient (Wildman–Crippen LogP) is 4.20. The Labute approximate surface area is 130 Å². The van der Waals surface area contributed by atoms with Gasteiger partial charge in [-0.3, -0.25) is 4.90 Å². The van der Waals surface area contributed by atoms with Crippen molar-refractivity contribution < 1.29 is 0 Å². The first-order valence-electron chi connectivity index (χ1n) is 8.83. The fraction of sp³-hybridized carbons (Fsp3) is 0.684. The number of hydrogen-bond donors (Lipinski definition) is 1. The Bertz CT molecular complexity index is 392. The minimum Gasteiger partial charge on any atom is -0.312 e. The highest BCUT2D eigenvalue weighted by molar-refractivity contribution is 5.27. The summed E-state index contributed by atoms with van der Waals surface area (Å²) in [6.07, 6.45) is 7.17. The number of benzene rings is 1. The van der Waals surface area contributed by atoms with Crippen molar-refractivity contribution in [1.82, 2.24) is 10.2 Å². The van der Waals surface area contributed by atoms with E-state index >= 15 is 0 Å². The van der Waals surface area contributed by atoms with Crippen LogP contribution in [-0.4, -0.2) is 24.5 Å². The lowest BCUT2D eigenvalue weighted by molar-refractivity contribution is 0.294. The molecule has 0 saturated heterocycles. The zero-order chi connectivity index (χ0) is 14.9. The first-order valence-corrected chi connectivity index (χ1v) is 8.83. The summed E-state index contributed by atoms with van der Waals surface area (Å²) in [6, 6.07) is 8.91. The maximum absolute atomic E-state index is 3.70. The second-order valence-corrected chi connectivity index (χ2v) is 6.37. The van der Waals surface area contributed by atoms with Gasteiger partial charge in [-0.1, -0.05) is 57.4 Å². The summed E-state index contributed by atoms with van der Waals surface area (Å²) in [6.45, 7) is 10.0. The maximum Gasteiger partial charge on any atom is 0.0236 e. The van der Waals surface area contributed by atoms with Gasteiger partial charge in [0.05, 0.1) is 0 Å². The van der Waals surface area contributed by atoms with Gasteiger partial charge in [0.1, 0.15) is 0 Å². The summed E-state index contributed by atoms with van der Waals surface area (Å²) >= 11 is 0. The third-order valence-corrected chi connectivity index (χ3v) is 4.88. The topological polar surface area (TPSA) is 15.3 Å². The van der Waals surface area contributed by atoms with E-state index in [2.05, 4.69) is 48.3 Å².